The van der Waals surface area contributed by atoms with Crippen molar-refractivity contribution in [1.82, 2.24) is 4.90 Å². The van der Waals surface area contributed by atoms with E-state index in [0.717, 1.165) is 11.1 Å². The fourth-order valence-electron chi connectivity index (χ4n) is 3.05. The standard InChI is InChI=1S/C22H27NO3/c1-3-20(24)23(17-11-16-21(25)26-4-2)22(18-12-7-5-8-13-18)19-14-9-6-10-15-19/h5-10,12-15,22H,3-4,11,16-17H2,1-2H3. The maximum atomic E-state index is 12.7. The molecule has 0 radical (unpaired) electrons. The van der Waals surface area contributed by atoms with Crippen molar-refractivity contribution in [2.24, 2.45) is 0 Å². The lowest BCUT2D eigenvalue weighted by atomic mass is 9.96. The molecule has 0 saturated carbocycles. The van der Waals surface area contributed by atoms with Crippen molar-refractivity contribution in [3.05, 3.63) is 71.8 Å². The van der Waals surface area contributed by atoms with Crippen LogP contribution in [0, 0.1) is 0 Å². The molecule has 0 fully saturated rings. The van der Waals surface area contributed by atoms with Gasteiger partial charge in [-0.25, -0.2) is 0 Å². The predicted molar refractivity (Wildman–Crippen MR) is 103 cm³/mol. The zero-order valence-electron chi connectivity index (χ0n) is 15.6. The van der Waals surface area contributed by atoms with E-state index in [9.17, 15) is 9.59 Å². The molecule has 4 heteroatoms. The number of esters is 1. The Hall–Kier alpha value is -2.62. The molecule has 0 bridgehead atoms. The van der Waals surface area contributed by atoms with Crippen LogP contribution in [0.1, 0.15) is 50.3 Å². The van der Waals surface area contributed by atoms with Gasteiger partial charge in [0, 0.05) is 19.4 Å². The van der Waals surface area contributed by atoms with E-state index in [-0.39, 0.29) is 17.9 Å². The van der Waals surface area contributed by atoms with E-state index in [1.54, 1.807) is 6.92 Å². The fraction of sp³-hybridized carbons (Fsp3) is 0.364. The van der Waals surface area contributed by atoms with Gasteiger partial charge in [-0.05, 0) is 24.5 Å². The molecule has 2 aromatic rings. The third-order valence-corrected chi connectivity index (χ3v) is 4.25. The monoisotopic (exact) mass is 353 g/mol. The van der Waals surface area contributed by atoms with Crippen molar-refractivity contribution in [2.75, 3.05) is 13.2 Å². The maximum Gasteiger partial charge on any atom is 0.305 e. The molecule has 0 spiro atoms. The van der Waals surface area contributed by atoms with Gasteiger partial charge < -0.3 is 9.64 Å². The number of nitrogens with zero attached hydrogens (tertiary/aromatic N) is 1. The normalized spacial score (nSPS) is 10.6. The van der Waals surface area contributed by atoms with Crippen LogP contribution in [0.5, 0.6) is 0 Å². The van der Waals surface area contributed by atoms with Gasteiger partial charge in [0.2, 0.25) is 5.91 Å². The lowest BCUT2D eigenvalue weighted by molar-refractivity contribution is -0.144. The maximum absolute atomic E-state index is 12.7. The average Bonchev–Trinajstić information content (AvgIpc) is 2.68. The average molecular weight is 353 g/mol. The summed E-state index contributed by atoms with van der Waals surface area (Å²) in [7, 11) is 0. The summed E-state index contributed by atoms with van der Waals surface area (Å²) in [5.41, 5.74) is 2.13. The summed E-state index contributed by atoms with van der Waals surface area (Å²) < 4.78 is 5.00. The van der Waals surface area contributed by atoms with Crippen LogP contribution in [0.4, 0.5) is 0 Å². The van der Waals surface area contributed by atoms with E-state index in [1.165, 1.54) is 0 Å². The van der Waals surface area contributed by atoms with Crippen LogP contribution in [0.2, 0.25) is 0 Å². The SMILES string of the molecule is CCOC(=O)CCCN(C(=O)CC)C(c1ccccc1)c1ccccc1. The van der Waals surface area contributed by atoms with Gasteiger partial charge >= 0.3 is 5.97 Å². The number of hydrogen-bond donors (Lipinski definition) is 0. The molecule has 0 N–H and O–H groups in total. The Morgan fingerprint density at radius 3 is 1.92 bits per heavy atom. The zero-order chi connectivity index (χ0) is 18.8. The van der Waals surface area contributed by atoms with Crippen LogP contribution in [0.3, 0.4) is 0 Å². The first-order valence-electron chi connectivity index (χ1n) is 9.22. The summed E-state index contributed by atoms with van der Waals surface area (Å²) >= 11 is 0. The van der Waals surface area contributed by atoms with Gasteiger partial charge in [-0.2, -0.15) is 0 Å². The van der Waals surface area contributed by atoms with Gasteiger partial charge in [-0.3, -0.25) is 9.59 Å². The second-order valence-electron chi connectivity index (χ2n) is 6.07. The minimum absolute atomic E-state index is 0.0755. The summed E-state index contributed by atoms with van der Waals surface area (Å²) in [6, 6.07) is 19.9. The van der Waals surface area contributed by atoms with Crippen LogP contribution < -0.4 is 0 Å². The van der Waals surface area contributed by atoms with Crippen molar-refractivity contribution in [2.45, 2.75) is 39.2 Å². The number of rotatable bonds is 9. The Balaban J connectivity index is 2.27. The molecule has 0 aliphatic heterocycles. The summed E-state index contributed by atoms with van der Waals surface area (Å²) in [5, 5.41) is 0. The number of benzene rings is 2. The summed E-state index contributed by atoms with van der Waals surface area (Å²) in [5.74, 6) is -0.140. The Morgan fingerprint density at radius 2 is 1.46 bits per heavy atom. The number of amides is 1. The van der Waals surface area contributed by atoms with Crippen LogP contribution in [0.15, 0.2) is 60.7 Å². The smallest absolute Gasteiger partial charge is 0.305 e. The van der Waals surface area contributed by atoms with Crippen molar-refractivity contribution in [3.63, 3.8) is 0 Å². The van der Waals surface area contributed by atoms with E-state index >= 15 is 0 Å². The Bertz CT molecular complexity index is 646. The second-order valence-corrected chi connectivity index (χ2v) is 6.07. The highest BCUT2D eigenvalue weighted by molar-refractivity contribution is 5.77. The van der Waals surface area contributed by atoms with E-state index in [4.69, 9.17) is 4.74 Å². The number of carbonyl (C=O) groups is 2. The first kappa shape index (κ1) is 19.7. The highest BCUT2D eigenvalue weighted by Gasteiger charge is 2.25. The molecule has 2 aromatic carbocycles. The Kier molecular flexibility index (Phi) is 7.87. The molecule has 138 valence electrons. The minimum Gasteiger partial charge on any atom is -0.466 e. The molecule has 1 amide bonds. The molecule has 0 aliphatic rings. The molecular weight excluding hydrogens is 326 g/mol. The van der Waals surface area contributed by atoms with Crippen molar-refractivity contribution >= 4 is 11.9 Å². The van der Waals surface area contributed by atoms with Crippen molar-refractivity contribution in [3.8, 4) is 0 Å². The summed E-state index contributed by atoms with van der Waals surface area (Å²) in [4.78, 5) is 26.2. The van der Waals surface area contributed by atoms with E-state index < -0.39 is 0 Å². The van der Waals surface area contributed by atoms with Crippen molar-refractivity contribution in [1.29, 1.82) is 0 Å². The van der Waals surface area contributed by atoms with Crippen LogP contribution in [0.25, 0.3) is 0 Å². The quantitative estimate of drug-likeness (QED) is 0.629. The van der Waals surface area contributed by atoms with Gasteiger partial charge in [0.25, 0.3) is 0 Å². The highest BCUT2D eigenvalue weighted by Crippen LogP contribution is 2.29. The van der Waals surface area contributed by atoms with E-state index in [0.29, 0.717) is 32.4 Å². The largest absolute Gasteiger partial charge is 0.466 e. The molecule has 26 heavy (non-hydrogen) atoms. The van der Waals surface area contributed by atoms with Crippen LogP contribution >= 0.6 is 0 Å². The Morgan fingerprint density at radius 1 is 0.923 bits per heavy atom. The van der Waals surface area contributed by atoms with Crippen LogP contribution in [-0.4, -0.2) is 29.9 Å². The van der Waals surface area contributed by atoms with E-state index in [2.05, 4.69) is 0 Å². The molecule has 0 saturated heterocycles. The van der Waals surface area contributed by atoms with Gasteiger partial charge in [-0.1, -0.05) is 67.6 Å². The number of carbonyl (C=O) groups excluding carboxylic acids is 2. The molecule has 0 aliphatic carbocycles. The predicted octanol–water partition coefficient (Wildman–Crippen LogP) is 4.36. The molecule has 0 unspecified atom stereocenters. The molecule has 0 atom stereocenters. The van der Waals surface area contributed by atoms with Crippen molar-refractivity contribution < 1.29 is 14.3 Å². The molecule has 4 nitrogen and oxygen atoms in total. The molecule has 2 rings (SSSR count). The zero-order valence-corrected chi connectivity index (χ0v) is 15.6. The molecular formula is C22H27NO3. The Labute approximate surface area is 155 Å². The first-order chi connectivity index (χ1) is 12.7. The second kappa shape index (κ2) is 10.4. The highest BCUT2D eigenvalue weighted by atomic mass is 16.5. The summed E-state index contributed by atoms with van der Waals surface area (Å²) in [6.07, 6.45) is 1.33. The van der Waals surface area contributed by atoms with Gasteiger partial charge in [0.15, 0.2) is 0 Å². The summed E-state index contributed by atoms with van der Waals surface area (Å²) in [6.45, 7) is 4.56. The minimum atomic E-state index is -0.215. The third kappa shape index (κ3) is 5.45. The topological polar surface area (TPSA) is 46.6 Å². The van der Waals surface area contributed by atoms with Crippen LogP contribution in [-0.2, 0) is 14.3 Å². The lowest BCUT2D eigenvalue weighted by Crippen LogP contribution is -2.36. The number of ether oxygens (including phenoxy) is 1. The van der Waals surface area contributed by atoms with Gasteiger partial charge in [0.05, 0.1) is 12.6 Å². The van der Waals surface area contributed by atoms with Gasteiger partial charge in [0.1, 0.15) is 0 Å². The van der Waals surface area contributed by atoms with E-state index in [1.807, 2.05) is 72.5 Å². The van der Waals surface area contributed by atoms with Gasteiger partial charge in [-0.15, -0.1) is 0 Å². The lowest BCUT2D eigenvalue weighted by Gasteiger charge is -2.32. The first-order valence-corrected chi connectivity index (χ1v) is 9.22. The fourth-order valence-corrected chi connectivity index (χ4v) is 3.05. The molecule has 0 aromatic heterocycles. The molecule has 0 heterocycles. The number of hydrogen-bond acceptors (Lipinski definition) is 3. The third-order valence-electron chi connectivity index (χ3n) is 4.25.